The Labute approximate surface area is 172 Å². The van der Waals surface area contributed by atoms with Crippen LogP contribution in [0.2, 0.25) is 0 Å². The Hall–Kier alpha value is -2.73. The molecule has 1 aromatic carbocycles. The molecule has 3 heterocycles. The molecule has 0 radical (unpaired) electrons. The molecule has 0 fully saturated rings. The number of hydrogen-bond donors (Lipinski definition) is 2. The first-order chi connectivity index (χ1) is 14.0. The van der Waals surface area contributed by atoms with Gasteiger partial charge in [0.05, 0.1) is 6.04 Å². The van der Waals surface area contributed by atoms with Gasteiger partial charge in [-0.05, 0) is 61.7 Å². The van der Waals surface area contributed by atoms with Crippen LogP contribution in [0.3, 0.4) is 0 Å². The Morgan fingerprint density at radius 1 is 1.28 bits per heavy atom. The summed E-state index contributed by atoms with van der Waals surface area (Å²) in [6.45, 7) is 9.81. The average Bonchev–Trinajstić information content (AvgIpc) is 2.72. The van der Waals surface area contributed by atoms with Gasteiger partial charge in [0.1, 0.15) is 0 Å². The number of nitrogens with one attached hydrogen (secondary N) is 2. The third-order valence-electron chi connectivity index (χ3n) is 6.17. The fourth-order valence-corrected chi connectivity index (χ4v) is 4.45. The number of aryl methyl sites for hydroxylation is 1. The van der Waals surface area contributed by atoms with Crippen molar-refractivity contribution in [1.29, 1.82) is 0 Å². The van der Waals surface area contributed by atoms with E-state index in [0.717, 1.165) is 36.5 Å². The number of carbonyl (C=O) groups is 1. The first kappa shape index (κ1) is 19.6. The first-order valence-electron chi connectivity index (χ1n) is 10.4. The first-order valence-corrected chi connectivity index (χ1v) is 10.4. The van der Waals surface area contributed by atoms with E-state index in [0.29, 0.717) is 5.95 Å². The molecule has 29 heavy (non-hydrogen) atoms. The second kappa shape index (κ2) is 7.95. The molecule has 3 atom stereocenters. The van der Waals surface area contributed by atoms with Crippen molar-refractivity contribution >= 4 is 23.1 Å². The molecule has 1 amide bonds. The molecule has 2 aliphatic rings. The Morgan fingerprint density at radius 3 is 2.79 bits per heavy atom. The van der Waals surface area contributed by atoms with Gasteiger partial charge in [-0.1, -0.05) is 19.1 Å². The summed E-state index contributed by atoms with van der Waals surface area (Å²) in [5.74, 6) is 0.903. The van der Waals surface area contributed by atoms with Gasteiger partial charge < -0.3 is 15.5 Å². The normalized spacial score (nSPS) is 23.9. The van der Waals surface area contributed by atoms with Crippen molar-refractivity contribution in [3.63, 3.8) is 0 Å². The Kier molecular flexibility index (Phi) is 5.37. The lowest BCUT2D eigenvalue weighted by Crippen LogP contribution is -2.48. The second-order valence-electron chi connectivity index (χ2n) is 8.09. The predicted octanol–water partition coefficient (Wildman–Crippen LogP) is 3.71. The van der Waals surface area contributed by atoms with Gasteiger partial charge in [-0.2, -0.15) is 0 Å². The quantitative estimate of drug-likeness (QED) is 0.835. The Morgan fingerprint density at radius 2 is 2.10 bits per heavy atom. The average molecular weight is 392 g/mol. The van der Waals surface area contributed by atoms with Crippen molar-refractivity contribution in [3.8, 4) is 0 Å². The summed E-state index contributed by atoms with van der Waals surface area (Å²) in [6, 6.07) is 8.49. The van der Waals surface area contributed by atoms with Crippen LogP contribution in [0.15, 0.2) is 36.5 Å². The number of fused-ring (bicyclic) bond motifs is 1. The lowest BCUT2D eigenvalue weighted by atomic mass is 9.81. The van der Waals surface area contributed by atoms with Crippen molar-refractivity contribution in [2.24, 2.45) is 5.92 Å². The van der Waals surface area contributed by atoms with E-state index in [4.69, 9.17) is 0 Å². The summed E-state index contributed by atoms with van der Waals surface area (Å²) in [5, 5.41) is 6.93. The highest BCUT2D eigenvalue weighted by molar-refractivity contribution is 5.94. The van der Waals surface area contributed by atoms with Crippen LogP contribution in [0.1, 0.15) is 50.1 Å². The van der Waals surface area contributed by atoms with Gasteiger partial charge in [0.25, 0.3) is 0 Å². The van der Waals surface area contributed by atoms with Crippen LogP contribution in [-0.2, 0) is 4.79 Å². The smallest absolute Gasteiger partial charge is 0.224 e. The van der Waals surface area contributed by atoms with E-state index in [1.807, 2.05) is 17.9 Å². The molecule has 1 aromatic heterocycles. The zero-order valence-electron chi connectivity index (χ0n) is 17.6. The molecule has 0 aliphatic carbocycles. The molecule has 2 aliphatic heterocycles. The Bertz CT molecular complexity index is 954. The molecule has 152 valence electrons. The SMILES string of the molecule is CC(=O)N1c2ccc(C3=CCNCC3)cc2C(Nc2nccc(C)n2)[C@@H](C)[C@@H]1C. The number of carbonyl (C=O) groups excluding carboxylic acids is 1. The lowest BCUT2D eigenvalue weighted by molar-refractivity contribution is -0.117. The lowest BCUT2D eigenvalue weighted by Gasteiger charge is -2.44. The number of nitrogens with zero attached hydrogens (tertiary/aromatic N) is 3. The van der Waals surface area contributed by atoms with E-state index in [9.17, 15) is 4.79 Å². The molecule has 2 N–H and O–H groups in total. The van der Waals surface area contributed by atoms with Crippen molar-refractivity contribution in [3.05, 3.63) is 53.4 Å². The zero-order valence-corrected chi connectivity index (χ0v) is 17.6. The molecular weight excluding hydrogens is 362 g/mol. The number of aromatic nitrogens is 2. The van der Waals surface area contributed by atoms with Gasteiger partial charge in [-0.3, -0.25) is 4.79 Å². The predicted molar refractivity (Wildman–Crippen MR) is 117 cm³/mol. The van der Waals surface area contributed by atoms with Gasteiger partial charge in [-0.25, -0.2) is 9.97 Å². The number of hydrogen-bond acceptors (Lipinski definition) is 5. The van der Waals surface area contributed by atoms with Crippen molar-refractivity contribution < 1.29 is 4.79 Å². The molecule has 4 rings (SSSR count). The van der Waals surface area contributed by atoms with Gasteiger partial charge in [0.2, 0.25) is 11.9 Å². The molecule has 0 saturated carbocycles. The summed E-state index contributed by atoms with van der Waals surface area (Å²) < 4.78 is 0. The van der Waals surface area contributed by atoms with E-state index in [-0.39, 0.29) is 23.9 Å². The van der Waals surface area contributed by atoms with Gasteiger partial charge >= 0.3 is 0 Å². The highest BCUT2D eigenvalue weighted by Crippen LogP contribution is 2.43. The third kappa shape index (κ3) is 3.77. The molecule has 2 aromatic rings. The monoisotopic (exact) mass is 391 g/mol. The molecule has 6 heteroatoms. The van der Waals surface area contributed by atoms with E-state index in [1.165, 1.54) is 11.1 Å². The maximum atomic E-state index is 12.5. The van der Waals surface area contributed by atoms with Gasteiger partial charge in [-0.15, -0.1) is 0 Å². The number of rotatable bonds is 3. The molecule has 0 spiro atoms. The van der Waals surface area contributed by atoms with E-state index in [2.05, 4.69) is 58.7 Å². The van der Waals surface area contributed by atoms with E-state index in [1.54, 1.807) is 13.1 Å². The minimum absolute atomic E-state index is 0.0275. The van der Waals surface area contributed by atoms with Crippen molar-refractivity contribution in [1.82, 2.24) is 15.3 Å². The molecule has 0 saturated heterocycles. The second-order valence-corrected chi connectivity index (χ2v) is 8.09. The highest BCUT2D eigenvalue weighted by atomic mass is 16.2. The van der Waals surface area contributed by atoms with Crippen LogP contribution in [0.25, 0.3) is 5.57 Å². The van der Waals surface area contributed by atoms with Crippen molar-refractivity contribution in [2.75, 3.05) is 23.3 Å². The number of anilines is 2. The molecule has 6 nitrogen and oxygen atoms in total. The summed E-state index contributed by atoms with van der Waals surface area (Å²) in [7, 11) is 0. The van der Waals surface area contributed by atoms with Crippen molar-refractivity contribution in [2.45, 2.75) is 46.2 Å². The highest BCUT2D eigenvalue weighted by Gasteiger charge is 2.38. The van der Waals surface area contributed by atoms with E-state index < -0.39 is 0 Å². The summed E-state index contributed by atoms with van der Waals surface area (Å²) in [5.41, 5.74) is 5.63. The summed E-state index contributed by atoms with van der Waals surface area (Å²) >= 11 is 0. The minimum atomic E-state index is 0.0275. The minimum Gasteiger partial charge on any atom is -0.347 e. The maximum Gasteiger partial charge on any atom is 0.224 e. The Balaban J connectivity index is 1.80. The van der Waals surface area contributed by atoms with Crippen LogP contribution in [0, 0.1) is 12.8 Å². The number of benzene rings is 1. The summed E-state index contributed by atoms with van der Waals surface area (Å²) in [4.78, 5) is 23.4. The van der Waals surface area contributed by atoms with E-state index >= 15 is 0 Å². The fraction of sp³-hybridized carbons (Fsp3) is 0.435. The van der Waals surface area contributed by atoms with Crippen LogP contribution >= 0.6 is 0 Å². The van der Waals surface area contributed by atoms with Crippen LogP contribution < -0.4 is 15.5 Å². The van der Waals surface area contributed by atoms with Gasteiger partial charge in [0, 0.05) is 43.0 Å². The molecule has 0 bridgehead atoms. The van der Waals surface area contributed by atoms with Gasteiger partial charge in [0.15, 0.2) is 0 Å². The largest absolute Gasteiger partial charge is 0.347 e. The topological polar surface area (TPSA) is 70.2 Å². The zero-order chi connectivity index (χ0) is 20.5. The van der Waals surface area contributed by atoms with Crippen LogP contribution in [0.4, 0.5) is 11.6 Å². The maximum absolute atomic E-state index is 12.5. The molecule has 1 unspecified atom stereocenters. The fourth-order valence-electron chi connectivity index (χ4n) is 4.45. The van der Waals surface area contributed by atoms with Crippen LogP contribution in [-0.4, -0.2) is 35.0 Å². The summed E-state index contributed by atoms with van der Waals surface area (Å²) in [6.07, 6.45) is 5.05. The molecular formula is C23H29N5O. The standard InChI is InChI=1S/C23H29N5O/c1-14-7-12-25-23(26-14)27-22-15(2)16(3)28(17(4)29)21-6-5-19(13-20(21)22)18-8-10-24-11-9-18/h5-8,12-13,15-16,22,24H,9-11H2,1-4H3,(H,25,26,27)/t15-,16-,22?/m0/s1. The van der Waals surface area contributed by atoms with Crippen LogP contribution in [0.5, 0.6) is 0 Å². The third-order valence-corrected chi connectivity index (χ3v) is 6.17. The number of amides is 1.